The summed E-state index contributed by atoms with van der Waals surface area (Å²) in [6.07, 6.45) is 1.98. The number of halogens is 2. The minimum Gasteiger partial charge on any atom is -0.316 e. The molecule has 3 nitrogen and oxygen atoms in total. The van der Waals surface area contributed by atoms with Gasteiger partial charge in [-0.3, -0.25) is 4.79 Å². The van der Waals surface area contributed by atoms with Crippen molar-refractivity contribution in [2.24, 2.45) is 4.99 Å². The van der Waals surface area contributed by atoms with Crippen LogP contribution in [0.5, 0.6) is 0 Å². The van der Waals surface area contributed by atoms with Crippen molar-refractivity contribution in [3.63, 3.8) is 0 Å². The van der Waals surface area contributed by atoms with Crippen LogP contribution in [0.3, 0.4) is 0 Å². The van der Waals surface area contributed by atoms with E-state index in [0.29, 0.717) is 10.6 Å². The number of hydrogen-bond acceptors (Lipinski definition) is 2. The van der Waals surface area contributed by atoms with Crippen molar-refractivity contribution in [1.82, 2.24) is 4.57 Å². The van der Waals surface area contributed by atoms with Crippen molar-refractivity contribution < 1.29 is 4.79 Å². The third-order valence-electron chi connectivity index (χ3n) is 4.18. The van der Waals surface area contributed by atoms with Gasteiger partial charge in [-0.05, 0) is 55.3 Å². The molecule has 0 saturated heterocycles. The number of aromatic nitrogens is 1. The summed E-state index contributed by atoms with van der Waals surface area (Å²) >= 11 is 11.0. The van der Waals surface area contributed by atoms with Crippen LogP contribution in [0.2, 0.25) is 5.02 Å². The van der Waals surface area contributed by atoms with Gasteiger partial charge in [0.2, 0.25) is 0 Å². The third kappa shape index (κ3) is 4.60. The van der Waals surface area contributed by atoms with E-state index >= 15 is 0 Å². The predicted molar refractivity (Wildman–Crippen MR) is 116 cm³/mol. The smallest absolute Gasteiger partial charge is 0.279 e. The Morgan fingerprint density at radius 3 is 2.37 bits per heavy atom. The lowest BCUT2D eigenvalue weighted by Gasteiger charge is -2.09. The van der Waals surface area contributed by atoms with E-state index in [0.717, 1.165) is 39.9 Å². The van der Waals surface area contributed by atoms with Crippen LogP contribution in [0.15, 0.2) is 58.0 Å². The van der Waals surface area contributed by atoms with Crippen molar-refractivity contribution in [3.8, 4) is 11.3 Å². The summed E-state index contributed by atoms with van der Waals surface area (Å²) in [6, 6.07) is 15.1. The average Bonchev–Trinajstić information content (AvgIpc) is 3.00. The van der Waals surface area contributed by atoms with Gasteiger partial charge < -0.3 is 4.57 Å². The number of benzene rings is 2. The minimum absolute atomic E-state index is 0.225. The highest BCUT2D eigenvalue weighted by molar-refractivity contribution is 9.10. The van der Waals surface area contributed by atoms with E-state index in [-0.39, 0.29) is 5.91 Å². The normalized spacial score (nSPS) is 11.8. The summed E-state index contributed by atoms with van der Waals surface area (Å²) < 4.78 is 3.06. The Balaban J connectivity index is 2.13. The molecule has 3 rings (SSSR count). The number of hydrogen-bond donors (Lipinski definition) is 0. The molecule has 0 fully saturated rings. The highest BCUT2D eigenvalue weighted by atomic mass is 79.9. The molecule has 0 unspecified atom stereocenters. The van der Waals surface area contributed by atoms with Crippen LogP contribution in [-0.4, -0.2) is 10.5 Å². The fourth-order valence-electron chi connectivity index (χ4n) is 2.90. The van der Waals surface area contributed by atoms with Crippen molar-refractivity contribution in [3.05, 3.63) is 73.3 Å². The van der Waals surface area contributed by atoms with Crippen LogP contribution in [0.4, 0.5) is 0 Å². The molecular formula is C21H20BrClN2OS. The second kappa shape index (κ2) is 9.00. The van der Waals surface area contributed by atoms with Gasteiger partial charge in [0.15, 0.2) is 4.80 Å². The van der Waals surface area contributed by atoms with Crippen molar-refractivity contribution in [1.29, 1.82) is 0 Å². The van der Waals surface area contributed by atoms with Gasteiger partial charge in [0, 0.05) is 26.5 Å². The lowest BCUT2D eigenvalue weighted by atomic mass is 10.1. The summed E-state index contributed by atoms with van der Waals surface area (Å²) in [5.41, 5.74) is 2.81. The molecule has 0 aliphatic rings. The van der Waals surface area contributed by atoms with Gasteiger partial charge in [-0.25, -0.2) is 0 Å². The summed E-state index contributed by atoms with van der Waals surface area (Å²) in [7, 11) is 0. The first-order chi connectivity index (χ1) is 13.0. The molecule has 1 aromatic heterocycles. The van der Waals surface area contributed by atoms with Gasteiger partial charge in [0.05, 0.1) is 5.69 Å². The van der Waals surface area contributed by atoms with E-state index in [2.05, 4.69) is 39.3 Å². The molecule has 1 amide bonds. The standard InChI is InChI=1S/C21H20BrClN2OS/c1-3-5-18-19(14-8-12-17(23)13-9-14)25(4-2)21(27-18)24-20(26)15-6-10-16(22)11-7-15/h6-13H,3-5H2,1-2H3. The van der Waals surface area contributed by atoms with Gasteiger partial charge >= 0.3 is 0 Å². The lowest BCUT2D eigenvalue weighted by Crippen LogP contribution is -2.17. The SMILES string of the molecule is CCCc1sc(=NC(=O)c2ccc(Br)cc2)n(CC)c1-c1ccc(Cl)cc1. The van der Waals surface area contributed by atoms with Crippen LogP contribution < -0.4 is 4.80 Å². The molecule has 0 spiro atoms. The van der Waals surface area contributed by atoms with Gasteiger partial charge in [-0.1, -0.05) is 53.0 Å². The van der Waals surface area contributed by atoms with E-state index in [1.54, 1.807) is 23.5 Å². The zero-order valence-electron chi connectivity index (χ0n) is 15.2. The first-order valence-corrected chi connectivity index (χ1v) is 10.8. The minimum atomic E-state index is -0.225. The van der Waals surface area contributed by atoms with Gasteiger partial charge in [0.1, 0.15) is 0 Å². The number of nitrogens with zero attached hydrogens (tertiary/aromatic N) is 2. The Morgan fingerprint density at radius 2 is 1.78 bits per heavy atom. The molecule has 0 bridgehead atoms. The Morgan fingerprint density at radius 1 is 1.11 bits per heavy atom. The van der Waals surface area contributed by atoms with E-state index in [1.165, 1.54) is 4.88 Å². The Labute approximate surface area is 176 Å². The summed E-state index contributed by atoms with van der Waals surface area (Å²) in [6.45, 7) is 4.97. The van der Waals surface area contributed by atoms with E-state index in [9.17, 15) is 4.79 Å². The molecule has 0 N–H and O–H groups in total. The number of rotatable bonds is 5. The molecule has 0 saturated carbocycles. The van der Waals surface area contributed by atoms with Crippen molar-refractivity contribution in [2.75, 3.05) is 0 Å². The highest BCUT2D eigenvalue weighted by Crippen LogP contribution is 2.28. The number of aryl methyl sites for hydroxylation is 1. The zero-order chi connectivity index (χ0) is 19.4. The van der Waals surface area contributed by atoms with Gasteiger partial charge in [0.25, 0.3) is 5.91 Å². The number of thiazole rings is 1. The maximum atomic E-state index is 12.6. The first-order valence-electron chi connectivity index (χ1n) is 8.86. The molecule has 6 heteroatoms. The first kappa shape index (κ1) is 20.1. The molecule has 0 aliphatic carbocycles. The Bertz CT molecular complexity index is 1000. The largest absolute Gasteiger partial charge is 0.316 e. The molecule has 0 radical (unpaired) electrons. The van der Waals surface area contributed by atoms with Crippen molar-refractivity contribution in [2.45, 2.75) is 33.2 Å². The Hall–Kier alpha value is -1.69. The summed E-state index contributed by atoms with van der Waals surface area (Å²) in [5, 5.41) is 0.712. The van der Waals surface area contributed by atoms with Crippen LogP contribution in [0.25, 0.3) is 11.3 Å². The van der Waals surface area contributed by atoms with Crippen LogP contribution in [0, 0.1) is 0 Å². The molecule has 0 atom stereocenters. The van der Waals surface area contributed by atoms with Gasteiger partial charge in [-0.2, -0.15) is 4.99 Å². The summed E-state index contributed by atoms with van der Waals surface area (Å²) in [4.78, 5) is 19.1. The summed E-state index contributed by atoms with van der Waals surface area (Å²) in [5.74, 6) is -0.225. The van der Waals surface area contributed by atoms with Crippen LogP contribution in [-0.2, 0) is 13.0 Å². The molecule has 140 valence electrons. The predicted octanol–water partition coefficient (Wildman–Crippen LogP) is 6.35. The highest BCUT2D eigenvalue weighted by Gasteiger charge is 2.15. The van der Waals surface area contributed by atoms with Gasteiger partial charge in [-0.15, -0.1) is 11.3 Å². The molecule has 2 aromatic carbocycles. The quantitative estimate of drug-likeness (QED) is 0.434. The van der Waals surface area contributed by atoms with E-state index in [4.69, 9.17) is 11.6 Å². The fraction of sp³-hybridized carbons (Fsp3) is 0.238. The zero-order valence-corrected chi connectivity index (χ0v) is 18.4. The van der Waals surface area contributed by atoms with Crippen LogP contribution >= 0.6 is 38.9 Å². The van der Waals surface area contributed by atoms with Crippen molar-refractivity contribution >= 4 is 44.8 Å². The second-order valence-electron chi connectivity index (χ2n) is 6.08. The lowest BCUT2D eigenvalue weighted by molar-refractivity contribution is 0.0998. The topological polar surface area (TPSA) is 34.4 Å². The molecule has 1 heterocycles. The van der Waals surface area contributed by atoms with E-state index < -0.39 is 0 Å². The fourth-order valence-corrected chi connectivity index (χ4v) is 4.60. The number of amides is 1. The molecule has 0 aliphatic heterocycles. The third-order valence-corrected chi connectivity index (χ3v) is 6.10. The number of carbonyl (C=O) groups is 1. The maximum absolute atomic E-state index is 12.6. The average molecular weight is 464 g/mol. The van der Waals surface area contributed by atoms with E-state index in [1.807, 2.05) is 36.4 Å². The van der Waals surface area contributed by atoms with Crippen LogP contribution in [0.1, 0.15) is 35.5 Å². The Kier molecular flexibility index (Phi) is 6.68. The maximum Gasteiger partial charge on any atom is 0.279 e. The second-order valence-corrected chi connectivity index (χ2v) is 8.50. The number of carbonyl (C=O) groups excluding carboxylic acids is 1. The monoisotopic (exact) mass is 462 g/mol. The molecule has 27 heavy (non-hydrogen) atoms. The molecule has 3 aromatic rings. The molecular weight excluding hydrogens is 444 g/mol.